The lowest BCUT2D eigenvalue weighted by Crippen LogP contribution is -3.11. The zero-order valence-electron chi connectivity index (χ0n) is 13.4. The maximum Gasteiger partial charge on any atom is 0.123 e. The van der Waals surface area contributed by atoms with E-state index in [9.17, 15) is 9.50 Å². The van der Waals surface area contributed by atoms with E-state index in [1.54, 1.807) is 17.0 Å². The molecule has 1 fully saturated rings. The first-order valence-electron chi connectivity index (χ1n) is 8.13. The van der Waals surface area contributed by atoms with Crippen LogP contribution < -0.4 is 17.3 Å². The third kappa shape index (κ3) is 5.15. The summed E-state index contributed by atoms with van der Waals surface area (Å²) in [5, 5.41) is 10.5. The van der Waals surface area contributed by atoms with Crippen LogP contribution in [0.2, 0.25) is 0 Å². The molecule has 5 heteroatoms. The third-order valence-corrected chi connectivity index (χ3v) is 5.48. The predicted molar refractivity (Wildman–Crippen MR) is 97.6 cm³/mol. The van der Waals surface area contributed by atoms with Crippen LogP contribution in [0, 0.1) is 15.3 Å². The van der Waals surface area contributed by atoms with Crippen molar-refractivity contribution in [3.8, 4) is 0 Å². The number of quaternary nitrogens is 1. The topological polar surface area (TPSA) is 24.7 Å². The van der Waals surface area contributed by atoms with Gasteiger partial charge in [0.1, 0.15) is 12.4 Å². The molecule has 1 unspecified atom stereocenters. The lowest BCUT2D eigenvalue weighted by molar-refractivity contribution is -0.920. The summed E-state index contributed by atoms with van der Waals surface area (Å²) < 4.78 is 14.3. The number of aliphatic hydroxyl groups is 1. The van der Waals surface area contributed by atoms with Crippen molar-refractivity contribution in [3.05, 3.63) is 69.0 Å². The molecule has 0 spiro atoms. The number of piperidine rings is 1. The Balaban J connectivity index is 0.00000208. The molecule has 1 aliphatic heterocycles. The SMILES string of the molecule is OC(c1ccc(F)cc1)C1CC[NH+](Cc2ccc(I)cc2)CC1.[Cl-]. The molecule has 24 heavy (non-hydrogen) atoms. The van der Waals surface area contributed by atoms with E-state index in [1.165, 1.54) is 21.3 Å². The molecular formula is C19H22ClFINO. The van der Waals surface area contributed by atoms with E-state index in [-0.39, 0.29) is 24.1 Å². The Bertz CT molecular complexity index is 627. The quantitative estimate of drug-likeness (QED) is 0.614. The maximum atomic E-state index is 13.0. The first-order chi connectivity index (χ1) is 11.1. The molecule has 3 rings (SSSR count). The number of benzene rings is 2. The summed E-state index contributed by atoms with van der Waals surface area (Å²) in [7, 11) is 0. The van der Waals surface area contributed by atoms with Gasteiger partial charge in [0, 0.05) is 22.0 Å². The molecule has 1 saturated heterocycles. The van der Waals surface area contributed by atoms with E-state index in [0.717, 1.165) is 38.0 Å². The monoisotopic (exact) mass is 461 g/mol. The van der Waals surface area contributed by atoms with Crippen molar-refractivity contribution in [3.63, 3.8) is 0 Å². The minimum Gasteiger partial charge on any atom is -1.00 e. The number of hydrogen-bond acceptors (Lipinski definition) is 1. The van der Waals surface area contributed by atoms with Gasteiger partial charge in [-0.1, -0.05) is 24.3 Å². The van der Waals surface area contributed by atoms with E-state index in [0.29, 0.717) is 0 Å². The Kier molecular flexibility index (Phi) is 7.47. The fourth-order valence-electron chi connectivity index (χ4n) is 3.36. The van der Waals surface area contributed by atoms with Gasteiger partial charge in [0.25, 0.3) is 0 Å². The molecule has 0 radical (unpaired) electrons. The smallest absolute Gasteiger partial charge is 0.123 e. The number of aliphatic hydroxyl groups excluding tert-OH is 1. The van der Waals surface area contributed by atoms with Crippen molar-refractivity contribution in [2.45, 2.75) is 25.5 Å². The maximum absolute atomic E-state index is 13.0. The summed E-state index contributed by atoms with van der Waals surface area (Å²) in [5.74, 6) is 0.0265. The lowest BCUT2D eigenvalue weighted by Gasteiger charge is -2.32. The number of likely N-dealkylation sites (tertiary alicyclic amines) is 1. The summed E-state index contributed by atoms with van der Waals surface area (Å²) in [4.78, 5) is 1.58. The summed E-state index contributed by atoms with van der Waals surface area (Å²) in [6.07, 6.45) is 1.55. The number of halogens is 3. The Hall–Kier alpha value is -0.690. The predicted octanol–water partition coefficient (Wildman–Crippen LogP) is -0.0372. The largest absolute Gasteiger partial charge is 1.00 e. The molecule has 2 aromatic carbocycles. The van der Waals surface area contributed by atoms with Gasteiger partial charge in [0.15, 0.2) is 0 Å². The second-order valence-electron chi connectivity index (χ2n) is 6.39. The molecule has 2 aromatic rings. The number of rotatable bonds is 4. The second kappa shape index (κ2) is 9.13. The van der Waals surface area contributed by atoms with E-state index in [2.05, 4.69) is 46.9 Å². The van der Waals surface area contributed by atoms with Crippen LogP contribution in [0.15, 0.2) is 48.5 Å². The molecule has 130 valence electrons. The molecule has 0 aliphatic carbocycles. The van der Waals surface area contributed by atoms with E-state index < -0.39 is 6.10 Å². The first-order valence-corrected chi connectivity index (χ1v) is 9.21. The van der Waals surface area contributed by atoms with Gasteiger partial charge in [-0.2, -0.15) is 0 Å². The lowest BCUT2D eigenvalue weighted by atomic mass is 9.87. The van der Waals surface area contributed by atoms with Crippen LogP contribution in [0.5, 0.6) is 0 Å². The van der Waals surface area contributed by atoms with Crippen molar-refractivity contribution in [1.82, 2.24) is 0 Å². The zero-order valence-corrected chi connectivity index (χ0v) is 16.3. The highest BCUT2D eigenvalue weighted by Crippen LogP contribution is 2.28. The molecule has 1 aliphatic rings. The van der Waals surface area contributed by atoms with Gasteiger partial charge < -0.3 is 22.4 Å². The minimum atomic E-state index is -0.476. The normalized spacial score (nSPS) is 21.8. The molecule has 1 atom stereocenters. The highest BCUT2D eigenvalue weighted by Gasteiger charge is 2.28. The third-order valence-electron chi connectivity index (χ3n) is 4.76. The standard InChI is InChI=1S/C19H21FINO.ClH/c20-17-5-3-15(4-6-17)19(23)16-9-11-22(12-10-16)13-14-1-7-18(21)8-2-14;/h1-8,16,19,23H,9-13H2;1H. The van der Waals surface area contributed by atoms with Gasteiger partial charge in [-0.25, -0.2) is 4.39 Å². The van der Waals surface area contributed by atoms with E-state index >= 15 is 0 Å². The molecular weight excluding hydrogens is 440 g/mol. The fraction of sp³-hybridized carbons (Fsp3) is 0.368. The Labute approximate surface area is 162 Å². The van der Waals surface area contributed by atoms with Crippen LogP contribution in [-0.4, -0.2) is 18.2 Å². The molecule has 2 nitrogen and oxygen atoms in total. The van der Waals surface area contributed by atoms with E-state index in [4.69, 9.17) is 0 Å². The van der Waals surface area contributed by atoms with Crippen LogP contribution in [0.3, 0.4) is 0 Å². The van der Waals surface area contributed by atoms with Gasteiger partial charge in [-0.15, -0.1) is 0 Å². The minimum absolute atomic E-state index is 0. The number of hydrogen-bond donors (Lipinski definition) is 2. The van der Waals surface area contributed by atoms with Gasteiger partial charge in [-0.05, 0) is 58.3 Å². The molecule has 0 bridgehead atoms. The second-order valence-corrected chi connectivity index (χ2v) is 7.63. The van der Waals surface area contributed by atoms with Gasteiger partial charge >= 0.3 is 0 Å². The Morgan fingerprint density at radius 2 is 1.62 bits per heavy atom. The van der Waals surface area contributed by atoms with Crippen LogP contribution >= 0.6 is 22.6 Å². The average Bonchev–Trinajstić information content (AvgIpc) is 2.58. The van der Waals surface area contributed by atoms with Gasteiger partial charge in [-0.3, -0.25) is 0 Å². The van der Waals surface area contributed by atoms with Crippen molar-refractivity contribution in [2.75, 3.05) is 13.1 Å². The van der Waals surface area contributed by atoms with Crippen molar-refractivity contribution in [1.29, 1.82) is 0 Å². The summed E-state index contributed by atoms with van der Waals surface area (Å²) in [5.41, 5.74) is 2.20. The Morgan fingerprint density at radius 1 is 1.04 bits per heavy atom. The van der Waals surface area contributed by atoms with Crippen LogP contribution in [0.4, 0.5) is 4.39 Å². The fourth-order valence-corrected chi connectivity index (χ4v) is 3.72. The van der Waals surface area contributed by atoms with Crippen molar-refractivity contribution in [2.24, 2.45) is 5.92 Å². The molecule has 0 amide bonds. The highest BCUT2D eigenvalue weighted by molar-refractivity contribution is 14.1. The molecule has 1 heterocycles. The van der Waals surface area contributed by atoms with Gasteiger partial charge in [0.2, 0.25) is 0 Å². The van der Waals surface area contributed by atoms with Crippen LogP contribution in [0.25, 0.3) is 0 Å². The molecule has 0 saturated carbocycles. The van der Waals surface area contributed by atoms with Crippen molar-refractivity contribution >= 4 is 22.6 Å². The number of nitrogens with one attached hydrogen (secondary N) is 1. The van der Waals surface area contributed by atoms with Crippen LogP contribution in [-0.2, 0) is 6.54 Å². The summed E-state index contributed by atoms with van der Waals surface area (Å²) in [6.45, 7) is 3.21. The van der Waals surface area contributed by atoms with Crippen LogP contribution in [0.1, 0.15) is 30.1 Å². The van der Waals surface area contributed by atoms with E-state index in [1.807, 2.05) is 0 Å². The van der Waals surface area contributed by atoms with Crippen molar-refractivity contribution < 1.29 is 26.8 Å². The van der Waals surface area contributed by atoms with Gasteiger partial charge in [0.05, 0.1) is 19.2 Å². The first kappa shape index (κ1) is 19.6. The summed E-state index contributed by atoms with van der Waals surface area (Å²) >= 11 is 2.33. The zero-order chi connectivity index (χ0) is 16.2. The average molecular weight is 462 g/mol. The molecule has 0 aromatic heterocycles. The summed E-state index contributed by atoms with van der Waals surface area (Å²) in [6, 6.07) is 15.0. The molecule has 2 N–H and O–H groups in total. The highest BCUT2D eigenvalue weighted by atomic mass is 127. The Morgan fingerprint density at radius 3 is 2.21 bits per heavy atom.